The van der Waals surface area contributed by atoms with Crippen LogP contribution < -0.4 is 5.46 Å². The van der Waals surface area contributed by atoms with E-state index in [1.165, 1.54) is 12.1 Å². The van der Waals surface area contributed by atoms with Gasteiger partial charge in [-0.25, -0.2) is 0 Å². The van der Waals surface area contributed by atoms with E-state index in [1.807, 2.05) is 0 Å². The zero-order chi connectivity index (χ0) is 8.43. The first-order valence-electron chi connectivity index (χ1n) is 3.13. The van der Waals surface area contributed by atoms with Crippen molar-refractivity contribution in [3.8, 4) is 11.5 Å². The Balaban J connectivity index is 3.40. The smallest absolute Gasteiger partial charge is 0.157 e. The SMILES string of the molecule is Bc1ccc(O)c(C=O)c1O. The molecule has 0 unspecified atom stereocenters. The van der Waals surface area contributed by atoms with E-state index in [0.717, 1.165) is 0 Å². The second-order valence-electron chi connectivity index (χ2n) is 2.28. The van der Waals surface area contributed by atoms with E-state index in [9.17, 15) is 9.90 Å². The van der Waals surface area contributed by atoms with Crippen molar-refractivity contribution in [3.05, 3.63) is 17.7 Å². The first-order chi connectivity index (χ1) is 5.16. The van der Waals surface area contributed by atoms with E-state index in [-0.39, 0.29) is 17.1 Å². The predicted octanol–water partition coefficient (Wildman–Crippen LogP) is -0.831. The minimum atomic E-state index is -0.192. The van der Waals surface area contributed by atoms with Crippen molar-refractivity contribution in [3.63, 3.8) is 0 Å². The quantitative estimate of drug-likeness (QED) is 0.405. The number of aromatic hydroxyl groups is 2. The van der Waals surface area contributed by atoms with Gasteiger partial charge >= 0.3 is 0 Å². The van der Waals surface area contributed by atoms with Crippen molar-refractivity contribution in [2.24, 2.45) is 0 Å². The molecule has 0 heterocycles. The molecule has 0 aliphatic carbocycles. The number of carbonyl (C=O) groups is 1. The Morgan fingerprint density at radius 2 is 2.00 bits per heavy atom. The number of aldehydes is 1. The number of hydrogen-bond acceptors (Lipinski definition) is 3. The van der Waals surface area contributed by atoms with Gasteiger partial charge in [-0.15, -0.1) is 0 Å². The van der Waals surface area contributed by atoms with E-state index in [2.05, 4.69) is 0 Å². The predicted molar refractivity (Wildman–Crippen MR) is 43.3 cm³/mol. The monoisotopic (exact) mass is 150 g/mol. The fourth-order valence-electron chi connectivity index (χ4n) is 0.823. The molecule has 11 heavy (non-hydrogen) atoms. The third kappa shape index (κ3) is 1.19. The normalized spacial score (nSPS) is 9.45. The third-order valence-corrected chi connectivity index (χ3v) is 1.51. The van der Waals surface area contributed by atoms with Crippen LogP contribution in [0, 0.1) is 0 Å². The molecule has 3 nitrogen and oxygen atoms in total. The van der Waals surface area contributed by atoms with Crippen LogP contribution in [0.1, 0.15) is 10.4 Å². The molecule has 1 aromatic rings. The van der Waals surface area contributed by atoms with E-state index in [1.54, 1.807) is 7.85 Å². The minimum Gasteiger partial charge on any atom is -0.508 e. The van der Waals surface area contributed by atoms with Gasteiger partial charge in [-0.3, -0.25) is 4.79 Å². The van der Waals surface area contributed by atoms with Crippen LogP contribution in [0.3, 0.4) is 0 Å². The lowest BCUT2D eigenvalue weighted by Crippen LogP contribution is -2.04. The van der Waals surface area contributed by atoms with Gasteiger partial charge in [0.25, 0.3) is 0 Å². The highest BCUT2D eigenvalue weighted by Crippen LogP contribution is 2.21. The highest BCUT2D eigenvalue weighted by Gasteiger charge is 2.07. The highest BCUT2D eigenvalue weighted by atomic mass is 16.3. The number of carbonyl (C=O) groups excluding carboxylic acids is 1. The molecule has 0 saturated carbocycles. The van der Waals surface area contributed by atoms with Crippen LogP contribution >= 0.6 is 0 Å². The maximum absolute atomic E-state index is 10.3. The van der Waals surface area contributed by atoms with Gasteiger partial charge in [0.1, 0.15) is 19.3 Å². The van der Waals surface area contributed by atoms with Crippen molar-refractivity contribution in [2.45, 2.75) is 0 Å². The molecule has 1 aromatic carbocycles. The first-order valence-corrected chi connectivity index (χ1v) is 3.13. The molecule has 4 heteroatoms. The van der Waals surface area contributed by atoms with Crippen LogP contribution in [-0.4, -0.2) is 24.3 Å². The van der Waals surface area contributed by atoms with Gasteiger partial charge in [-0.05, 0) is 11.5 Å². The summed E-state index contributed by atoms with van der Waals surface area (Å²) in [6, 6.07) is 2.91. The van der Waals surface area contributed by atoms with Crippen LogP contribution in [0.5, 0.6) is 11.5 Å². The molecule has 0 bridgehead atoms. The average molecular weight is 150 g/mol. The summed E-state index contributed by atoms with van der Waals surface area (Å²) < 4.78 is 0. The maximum atomic E-state index is 10.3. The molecule has 0 amide bonds. The average Bonchev–Trinajstić information content (AvgIpc) is 1.99. The van der Waals surface area contributed by atoms with Gasteiger partial charge in [0.05, 0.1) is 5.56 Å². The molecule has 0 saturated heterocycles. The van der Waals surface area contributed by atoms with E-state index >= 15 is 0 Å². The molecule has 0 aromatic heterocycles. The first kappa shape index (κ1) is 7.66. The Hall–Kier alpha value is -1.45. The summed E-state index contributed by atoms with van der Waals surface area (Å²) in [5.41, 5.74) is 0.523. The Labute approximate surface area is 64.7 Å². The molecule has 0 fully saturated rings. The maximum Gasteiger partial charge on any atom is 0.157 e. The molecular weight excluding hydrogens is 143 g/mol. The summed E-state index contributed by atoms with van der Waals surface area (Å²) in [7, 11) is 1.65. The molecule has 0 atom stereocenters. The molecule has 0 aliphatic heterocycles. The van der Waals surface area contributed by atoms with Crippen LogP contribution in [0.25, 0.3) is 0 Å². The molecule has 56 valence electrons. The van der Waals surface area contributed by atoms with Crippen molar-refractivity contribution < 1.29 is 15.0 Å². The second kappa shape index (κ2) is 2.66. The van der Waals surface area contributed by atoms with Crippen molar-refractivity contribution in [1.29, 1.82) is 0 Å². The largest absolute Gasteiger partial charge is 0.508 e. The summed E-state index contributed by atoms with van der Waals surface area (Å²) >= 11 is 0. The Morgan fingerprint density at radius 3 is 2.45 bits per heavy atom. The third-order valence-electron chi connectivity index (χ3n) is 1.51. The van der Waals surface area contributed by atoms with Crippen LogP contribution in [0.2, 0.25) is 0 Å². The molecule has 2 N–H and O–H groups in total. The zero-order valence-corrected chi connectivity index (χ0v) is 6.03. The number of rotatable bonds is 1. The fourth-order valence-corrected chi connectivity index (χ4v) is 0.823. The van der Waals surface area contributed by atoms with Crippen molar-refractivity contribution in [1.82, 2.24) is 0 Å². The molecule has 0 aliphatic rings. The topological polar surface area (TPSA) is 57.5 Å². The van der Waals surface area contributed by atoms with E-state index < -0.39 is 0 Å². The lowest BCUT2D eigenvalue weighted by Gasteiger charge is -2.02. The van der Waals surface area contributed by atoms with Gasteiger partial charge in [-0.1, -0.05) is 6.07 Å². The van der Waals surface area contributed by atoms with E-state index in [0.29, 0.717) is 11.7 Å². The molecule has 0 radical (unpaired) electrons. The number of phenolic OH excluding ortho intramolecular Hbond substituents is 2. The highest BCUT2D eigenvalue weighted by molar-refractivity contribution is 6.34. The Morgan fingerprint density at radius 1 is 1.36 bits per heavy atom. The summed E-state index contributed by atoms with van der Waals surface area (Å²) in [5, 5.41) is 18.2. The van der Waals surface area contributed by atoms with Crippen LogP contribution in [0.15, 0.2) is 12.1 Å². The molecular formula is C7H7BO3. The number of hydrogen-bond donors (Lipinski definition) is 2. The Bertz CT molecular complexity index is 296. The van der Waals surface area contributed by atoms with Crippen LogP contribution in [-0.2, 0) is 0 Å². The Kier molecular flexibility index (Phi) is 1.85. The summed E-state index contributed by atoms with van der Waals surface area (Å²) in [5.74, 6) is -0.344. The summed E-state index contributed by atoms with van der Waals surface area (Å²) in [6.45, 7) is 0. The minimum absolute atomic E-state index is 0.0509. The van der Waals surface area contributed by atoms with Gasteiger partial charge in [0.15, 0.2) is 6.29 Å². The van der Waals surface area contributed by atoms with Crippen molar-refractivity contribution in [2.75, 3.05) is 0 Å². The number of benzene rings is 1. The molecule has 0 spiro atoms. The summed E-state index contributed by atoms with van der Waals surface area (Å²) in [4.78, 5) is 10.3. The van der Waals surface area contributed by atoms with Gasteiger partial charge in [0, 0.05) is 0 Å². The van der Waals surface area contributed by atoms with Gasteiger partial charge < -0.3 is 10.2 Å². The van der Waals surface area contributed by atoms with E-state index in [4.69, 9.17) is 5.11 Å². The lowest BCUT2D eigenvalue weighted by atomic mass is 9.93. The van der Waals surface area contributed by atoms with Crippen LogP contribution in [0.4, 0.5) is 0 Å². The van der Waals surface area contributed by atoms with Gasteiger partial charge in [-0.2, -0.15) is 0 Å². The van der Waals surface area contributed by atoms with Crippen molar-refractivity contribution >= 4 is 19.6 Å². The molecule has 1 rings (SSSR count). The second-order valence-corrected chi connectivity index (χ2v) is 2.28. The zero-order valence-electron chi connectivity index (χ0n) is 6.03. The van der Waals surface area contributed by atoms with Gasteiger partial charge in [0.2, 0.25) is 0 Å². The standard InChI is InChI=1S/C7H7BO3/c8-5-1-2-6(10)4(3-9)7(5)11/h1-3,10-11H,8H2. The fraction of sp³-hybridized carbons (Fsp3) is 0. The summed E-state index contributed by atoms with van der Waals surface area (Å²) in [6.07, 6.45) is 0.428. The number of phenols is 2. The lowest BCUT2D eigenvalue weighted by molar-refractivity contribution is 0.111.